The fraction of sp³-hybridized carbons (Fsp3) is 0.647. The van der Waals surface area contributed by atoms with Crippen molar-refractivity contribution < 1.29 is 8.42 Å². The molecule has 1 aliphatic carbocycles. The number of benzene rings is 1. The van der Waals surface area contributed by atoms with E-state index in [1.54, 1.807) is 24.3 Å². The molecule has 0 spiro atoms. The minimum absolute atomic E-state index is 0.203. The Bertz CT molecular complexity index is 551. The van der Waals surface area contributed by atoms with Crippen molar-refractivity contribution in [3.05, 3.63) is 30.3 Å². The van der Waals surface area contributed by atoms with Gasteiger partial charge in [0.2, 0.25) is 0 Å². The SMILES string of the molecule is CC(CCS(=O)(=O)c1ccccc1)N(C)C1CCC(N)CC1. The highest BCUT2D eigenvalue weighted by Gasteiger charge is 2.25. The summed E-state index contributed by atoms with van der Waals surface area (Å²) in [5, 5.41) is 0. The molecule has 5 heteroatoms. The molecule has 1 aliphatic rings. The Morgan fingerprint density at radius 3 is 2.36 bits per heavy atom. The third-order valence-electron chi connectivity index (χ3n) is 4.92. The van der Waals surface area contributed by atoms with E-state index in [1.807, 2.05) is 6.07 Å². The summed E-state index contributed by atoms with van der Waals surface area (Å²) in [6, 6.07) is 9.87. The van der Waals surface area contributed by atoms with Crippen LogP contribution >= 0.6 is 0 Å². The second kappa shape index (κ2) is 7.57. The zero-order valence-electron chi connectivity index (χ0n) is 13.6. The van der Waals surface area contributed by atoms with Gasteiger partial charge in [0.15, 0.2) is 9.84 Å². The van der Waals surface area contributed by atoms with Crippen LogP contribution in [0.3, 0.4) is 0 Å². The van der Waals surface area contributed by atoms with Gasteiger partial charge in [-0.15, -0.1) is 0 Å². The highest BCUT2D eigenvalue weighted by atomic mass is 32.2. The van der Waals surface area contributed by atoms with Gasteiger partial charge in [0.1, 0.15) is 0 Å². The van der Waals surface area contributed by atoms with E-state index < -0.39 is 9.84 Å². The second-order valence-corrected chi connectivity index (χ2v) is 8.61. The van der Waals surface area contributed by atoms with Crippen LogP contribution in [-0.4, -0.2) is 44.2 Å². The third kappa shape index (κ3) is 4.54. The van der Waals surface area contributed by atoms with E-state index in [0.29, 0.717) is 23.4 Å². The van der Waals surface area contributed by atoms with Crippen molar-refractivity contribution in [3.8, 4) is 0 Å². The average Bonchev–Trinajstić information content (AvgIpc) is 2.53. The normalized spacial score (nSPS) is 24.4. The standard InChI is InChI=1S/C17H28N2O2S/c1-14(19(2)16-10-8-15(18)9-11-16)12-13-22(20,21)17-6-4-3-5-7-17/h3-7,14-16H,8-13,18H2,1-2H3. The summed E-state index contributed by atoms with van der Waals surface area (Å²) < 4.78 is 24.7. The first-order valence-corrected chi connectivity index (χ1v) is 9.80. The Kier molecular flexibility index (Phi) is 6.01. The fourth-order valence-corrected chi connectivity index (χ4v) is 4.60. The van der Waals surface area contributed by atoms with E-state index >= 15 is 0 Å². The molecule has 1 aromatic rings. The molecule has 4 nitrogen and oxygen atoms in total. The summed E-state index contributed by atoms with van der Waals surface area (Å²) in [6.45, 7) is 2.12. The van der Waals surface area contributed by atoms with Crippen LogP contribution in [-0.2, 0) is 9.84 Å². The van der Waals surface area contributed by atoms with Crippen molar-refractivity contribution in [2.45, 2.75) is 62.0 Å². The molecule has 0 aliphatic heterocycles. The highest BCUT2D eigenvalue weighted by Crippen LogP contribution is 2.24. The van der Waals surface area contributed by atoms with Gasteiger partial charge in [0.05, 0.1) is 10.6 Å². The summed E-state index contributed by atoms with van der Waals surface area (Å²) in [5.74, 6) is 0.203. The van der Waals surface area contributed by atoms with E-state index in [0.717, 1.165) is 25.7 Å². The summed E-state index contributed by atoms with van der Waals surface area (Å²) in [4.78, 5) is 2.76. The molecular weight excluding hydrogens is 296 g/mol. The minimum Gasteiger partial charge on any atom is -0.328 e. The smallest absolute Gasteiger partial charge is 0.178 e. The first-order valence-electron chi connectivity index (χ1n) is 8.15. The molecule has 22 heavy (non-hydrogen) atoms. The monoisotopic (exact) mass is 324 g/mol. The van der Waals surface area contributed by atoms with Gasteiger partial charge < -0.3 is 10.6 Å². The van der Waals surface area contributed by atoms with E-state index in [4.69, 9.17) is 5.73 Å². The minimum atomic E-state index is -3.18. The van der Waals surface area contributed by atoms with Gasteiger partial charge in [-0.2, -0.15) is 0 Å². The molecule has 2 rings (SSSR count). The van der Waals surface area contributed by atoms with Crippen LogP contribution in [0.15, 0.2) is 35.2 Å². The van der Waals surface area contributed by atoms with Gasteiger partial charge in [-0.25, -0.2) is 8.42 Å². The predicted molar refractivity (Wildman–Crippen MR) is 90.6 cm³/mol. The van der Waals surface area contributed by atoms with Crippen LogP contribution in [0, 0.1) is 0 Å². The van der Waals surface area contributed by atoms with Gasteiger partial charge in [-0.05, 0) is 58.2 Å². The van der Waals surface area contributed by atoms with Crippen molar-refractivity contribution in [2.24, 2.45) is 5.73 Å². The Hall–Kier alpha value is -0.910. The molecule has 0 saturated heterocycles. The Morgan fingerprint density at radius 2 is 1.77 bits per heavy atom. The molecule has 1 fully saturated rings. The van der Waals surface area contributed by atoms with E-state index in [-0.39, 0.29) is 11.8 Å². The second-order valence-electron chi connectivity index (χ2n) is 6.50. The van der Waals surface area contributed by atoms with Crippen molar-refractivity contribution in [3.63, 3.8) is 0 Å². The zero-order valence-corrected chi connectivity index (χ0v) is 14.4. The molecule has 0 heterocycles. The molecule has 1 atom stereocenters. The lowest BCUT2D eigenvalue weighted by molar-refractivity contribution is 0.138. The average molecular weight is 324 g/mol. The topological polar surface area (TPSA) is 63.4 Å². The number of hydrogen-bond donors (Lipinski definition) is 1. The van der Waals surface area contributed by atoms with Crippen LogP contribution in [0.4, 0.5) is 0 Å². The number of nitrogens with zero attached hydrogens (tertiary/aromatic N) is 1. The maximum atomic E-state index is 12.3. The van der Waals surface area contributed by atoms with Crippen LogP contribution < -0.4 is 5.73 Å². The lowest BCUT2D eigenvalue weighted by atomic mass is 9.90. The van der Waals surface area contributed by atoms with E-state index in [1.165, 1.54) is 0 Å². The van der Waals surface area contributed by atoms with Gasteiger partial charge in [0, 0.05) is 18.1 Å². The first-order chi connectivity index (χ1) is 10.4. The molecule has 1 aromatic carbocycles. The van der Waals surface area contributed by atoms with Crippen LogP contribution in [0.5, 0.6) is 0 Å². The highest BCUT2D eigenvalue weighted by molar-refractivity contribution is 7.91. The number of hydrogen-bond acceptors (Lipinski definition) is 4. The van der Waals surface area contributed by atoms with Gasteiger partial charge >= 0.3 is 0 Å². The summed E-state index contributed by atoms with van der Waals surface area (Å²) >= 11 is 0. The summed E-state index contributed by atoms with van der Waals surface area (Å²) in [6.07, 6.45) is 5.05. The quantitative estimate of drug-likeness (QED) is 0.873. The Morgan fingerprint density at radius 1 is 1.18 bits per heavy atom. The predicted octanol–water partition coefficient (Wildman–Crippen LogP) is 2.44. The lowest BCUT2D eigenvalue weighted by Crippen LogP contribution is -2.43. The maximum Gasteiger partial charge on any atom is 0.178 e. The molecule has 1 saturated carbocycles. The van der Waals surface area contributed by atoms with E-state index in [2.05, 4.69) is 18.9 Å². The number of rotatable bonds is 6. The lowest BCUT2D eigenvalue weighted by Gasteiger charge is -2.37. The van der Waals surface area contributed by atoms with Crippen molar-refractivity contribution in [1.82, 2.24) is 4.90 Å². The van der Waals surface area contributed by atoms with Gasteiger partial charge in [0.25, 0.3) is 0 Å². The van der Waals surface area contributed by atoms with Crippen molar-refractivity contribution >= 4 is 9.84 Å². The van der Waals surface area contributed by atoms with E-state index in [9.17, 15) is 8.42 Å². The fourth-order valence-electron chi connectivity index (χ4n) is 3.14. The maximum absolute atomic E-state index is 12.3. The van der Waals surface area contributed by atoms with Crippen LogP contribution in [0.25, 0.3) is 0 Å². The third-order valence-corrected chi connectivity index (χ3v) is 6.68. The molecule has 1 unspecified atom stereocenters. The molecule has 124 valence electrons. The largest absolute Gasteiger partial charge is 0.328 e. The molecule has 2 N–H and O–H groups in total. The molecule has 0 aromatic heterocycles. The first kappa shape index (κ1) is 17.4. The molecule has 0 radical (unpaired) electrons. The van der Waals surface area contributed by atoms with Crippen LogP contribution in [0.1, 0.15) is 39.0 Å². The van der Waals surface area contributed by atoms with Gasteiger partial charge in [-0.1, -0.05) is 18.2 Å². The Labute approximate surface area is 134 Å². The number of nitrogens with two attached hydrogens (primary N) is 1. The molecule has 0 amide bonds. The molecule has 0 bridgehead atoms. The molecular formula is C17H28N2O2S. The zero-order chi connectivity index (χ0) is 16.2. The van der Waals surface area contributed by atoms with Crippen LogP contribution in [0.2, 0.25) is 0 Å². The summed E-state index contributed by atoms with van der Waals surface area (Å²) in [7, 11) is -1.06. The number of sulfone groups is 1. The van der Waals surface area contributed by atoms with Gasteiger partial charge in [-0.3, -0.25) is 0 Å². The summed E-state index contributed by atoms with van der Waals surface area (Å²) in [5.41, 5.74) is 5.96. The van der Waals surface area contributed by atoms with Crippen molar-refractivity contribution in [1.29, 1.82) is 0 Å². The Balaban J connectivity index is 1.88. The van der Waals surface area contributed by atoms with Crippen molar-refractivity contribution in [2.75, 3.05) is 12.8 Å².